The number of carbonyl (C=O) groups is 1. The first-order chi connectivity index (χ1) is 14.2. The number of hydrogen-bond acceptors (Lipinski definition) is 6. The molecule has 166 valence electrons. The van der Waals surface area contributed by atoms with Crippen molar-refractivity contribution in [3.63, 3.8) is 0 Å². The van der Waals surface area contributed by atoms with E-state index < -0.39 is 10.0 Å². The highest BCUT2D eigenvalue weighted by Gasteiger charge is 2.36. The lowest BCUT2D eigenvalue weighted by molar-refractivity contribution is 0.0920. The Balaban J connectivity index is 1.31. The fourth-order valence-electron chi connectivity index (χ4n) is 4.46. The van der Waals surface area contributed by atoms with Gasteiger partial charge in [-0.3, -0.25) is 4.79 Å². The maximum Gasteiger partial charge on any atom is 0.273 e. The van der Waals surface area contributed by atoms with E-state index in [1.165, 1.54) is 0 Å². The number of nitrogens with one attached hydrogen (secondary N) is 2. The van der Waals surface area contributed by atoms with E-state index in [0.717, 1.165) is 30.6 Å². The van der Waals surface area contributed by atoms with Gasteiger partial charge in [0, 0.05) is 43.2 Å². The second-order valence-electron chi connectivity index (χ2n) is 9.20. The van der Waals surface area contributed by atoms with Gasteiger partial charge in [0.1, 0.15) is 5.76 Å². The van der Waals surface area contributed by atoms with Crippen LogP contribution in [0.2, 0.25) is 0 Å². The van der Waals surface area contributed by atoms with E-state index in [1.54, 1.807) is 10.4 Å². The van der Waals surface area contributed by atoms with E-state index in [4.69, 9.17) is 4.52 Å². The van der Waals surface area contributed by atoms with Crippen LogP contribution >= 0.6 is 0 Å². The summed E-state index contributed by atoms with van der Waals surface area (Å²) in [5.41, 5.74) is 1.21. The predicted octanol–water partition coefficient (Wildman–Crippen LogP) is 2.02. The zero-order valence-electron chi connectivity index (χ0n) is 17.8. The summed E-state index contributed by atoms with van der Waals surface area (Å²) in [5, 5.41) is 10.2. The summed E-state index contributed by atoms with van der Waals surface area (Å²) in [6.45, 7) is 9.26. The fourth-order valence-corrected chi connectivity index (χ4v) is 6.63. The van der Waals surface area contributed by atoms with Crippen LogP contribution < -0.4 is 10.6 Å². The quantitative estimate of drug-likeness (QED) is 0.661. The smallest absolute Gasteiger partial charge is 0.273 e. The summed E-state index contributed by atoms with van der Waals surface area (Å²) < 4.78 is 33.0. The van der Waals surface area contributed by atoms with Gasteiger partial charge in [-0.05, 0) is 51.9 Å². The number of amides is 1. The van der Waals surface area contributed by atoms with E-state index in [1.807, 2.05) is 13.8 Å². The fraction of sp³-hybridized carbons (Fsp3) is 0.714. The molecule has 2 heterocycles. The van der Waals surface area contributed by atoms with Gasteiger partial charge in [0.25, 0.3) is 5.91 Å². The van der Waals surface area contributed by atoms with Gasteiger partial charge in [-0.25, -0.2) is 8.42 Å². The number of carbonyl (C=O) groups excluding carboxylic acids is 1. The van der Waals surface area contributed by atoms with Gasteiger partial charge in [0.05, 0.1) is 5.75 Å². The molecule has 1 amide bonds. The van der Waals surface area contributed by atoms with Crippen LogP contribution in [0, 0.1) is 5.92 Å². The molecule has 1 aromatic rings. The predicted molar refractivity (Wildman–Crippen MR) is 114 cm³/mol. The second kappa shape index (κ2) is 8.43. The molecule has 3 fully saturated rings. The molecule has 4 atom stereocenters. The molecule has 4 rings (SSSR count). The third kappa shape index (κ3) is 4.78. The van der Waals surface area contributed by atoms with Gasteiger partial charge in [0.15, 0.2) is 5.69 Å². The molecule has 2 N–H and O–H groups in total. The van der Waals surface area contributed by atoms with E-state index in [0.29, 0.717) is 37.5 Å². The van der Waals surface area contributed by atoms with Crippen molar-refractivity contribution in [1.29, 1.82) is 0 Å². The average Bonchev–Trinajstić information content (AvgIpc) is 3.42. The molecular formula is C21H32N4O4S. The molecule has 2 saturated carbocycles. The Morgan fingerprint density at radius 3 is 2.80 bits per heavy atom. The first-order valence-electron chi connectivity index (χ1n) is 10.9. The van der Waals surface area contributed by atoms with Crippen molar-refractivity contribution >= 4 is 15.9 Å². The molecule has 0 aromatic carbocycles. The highest BCUT2D eigenvalue weighted by molar-refractivity contribution is 7.89. The molecule has 3 aliphatic rings. The number of hydrogen-bond donors (Lipinski definition) is 2. The Bertz CT molecular complexity index is 908. The van der Waals surface area contributed by atoms with Crippen molar-refractivity contribution in [1.82, 2.24) is 20.1 Å². The third-order valence-corrected chi connectivity index (χ3v) is 8.55. The topological polar surface area (TPSA) is 105 Å². The highest BCUT2D eigenvalue weighted by atomic mass is 32.2. The average molecular weight is 437 g/mol. The zero-order chi connectivity index (χ0) is 21.5. The summed E-state index contributed by atoms with van der Waals surface area (Å²) in [7, 11) is -3.36. The molecule has 0 radical (unpaired) electrons. The second-order valence-corrected chi connectivity index (χ2v) is 11.2. The molecular weight excluding hydrogens is 404 g/mol. The maximum atomic E-state index is 13.0. The molecule has 1 aliphatic heterocycles. The van der Waals surface area contributed by atoms with Crippen LogP contribution in [-0.2, 0) is 10.0 Å². The molecule has 0 bridgehead atoms. The minimum Gasteiger partial charge on any atom is -0.360 e. The van der Waals surface area contributed by atoms with Gasteiger partial charge in [-0.15, -0.1) is 0 Å². The van der Waals surface area contributed by atoms with E-state index in [-0.39, 0.29) is 35.7 Å². The lowest BCUT2D eigenvalue weighted by Gasteiger charge is -2.38. The minimum absolute atomic E-state index is 0.0434. The normalized spacial score (nSPS) is 30.9. The number of nitrogens with zero attached hydrogens (tertiary/aromatic N) is 2. The molecule has 30 heavy (non-hydrogen) atoms. The molecule has 8 nitrogen and oxygen atoms in total. The largest absolute Gasteiger partial charge is 0.360 e. The van der Waals surface area contributed by atoms with Crippen molar-refractivity contribution in [2.24, 2.45) is 5.92 Å². The van der Waals surface area contributed by atoms with E-state index in [9.17, 15) is 13.2 Å². The van der Waals surface area contributed by atoms with Crippen LogP contribution in [-0.4, -0.2) is 60.8 Å². The molecule has 0 spiro atoms. The lowest BCUT2D eigenvalue weighted by atomic mass is 9.83. The van der Waals surface area contributed by atoms with Crippen LogP contribution in [0.3, 0.4) is 0 Å². The van der Waals surface area contributed by atoms with Crippen LogP contribution in [0.1, 0.15) is 68.1 Å². The molecule has 1 saturated heterocycles. The van der Waals surface area contributed by atoms with Crippen LogP contribution in [0.5, 0.6) is 0 Å². The van der Waals surface area contributed by atoms with Gasteiger partial charge < -0.3 is 15.2 Å². The SMILES string of the molecule is C=C1C[C@H](NC(=O)c2cc(C3CC3)on2)CCC1CS(=O)(=O)N1C[C@H](C)NC[C@@H]1C. The summed E-state index contributed by atoms with van der Waals surface area (Å²) in [6.07, 6.45) is 4.20. The third-order valence-electron chi connectivity index (χ3n) is 6.50. The minimum atomic E-state index is -3.36. The Morgan fingerprint density at radius 1 is 1.33 bits per heavy atom. The number of rotatable bonds is 6. The van der Waals surface area contributed by atoms with Gasteiger partial charge >= 0.3 is 0 Å². The van der Waals surface area contributed by atoms with Crippen LogP contribution in [0.4, 0.5) is 0 Å². The maximum absolute atomic E-state index is 13.0. The summed E-state index contributed by atoms with van der Waals surface area (Å²) in [4.78, 5) is 12.5. The summed E-state index contributed by atoms with van der Waals surface area (Å²) in [5.74, 6) is 0.983. The molecule has 2 aliphatic carbocycles. The van der Waals surface area contributed by atoms with E-state index >= 15 is 0 Å². The Labute approximate surface area is 178 Å². The Hall–Kier alpha value is -1.71. The van der Waals surface area contributed by atoms with Gasteiger partial charge in [-0.1, -0.05) is 17.3 Å². The van der Waals surface area contributed by atoms with Crippen molar-refractivity contribution in [3.05, 3.63) is 29.7 Å². The van der Waals surface area contributed by atoms with Crippen molar-refractivity contribution in [2.75, 3.05) is 18.8 Å². The number of piperazine rings is 1. The summed E-state index contributed by atoms with van der Waals surface area (Å²) in [6, 6.07) is 1.79. The molecule has 9 heteroatoms. The number of sulfonamides is 1. The van der Waals surface area contributed by atoms with Crippen molar-refractivity contribution in [2.45, 2.75) is 70.0 Å². The van der Waals surface area contributed by atoms with Crippen molar-refractivity contribution in [3.8, 4) is 0 Å². The Kier molecular flexibility index (Phi) is 6.05. The Morgan fingerprint density at radius 2 is 2.10 bits per heavy atom. The van der Waals surface area contributed by atoms with Gasteiger partial charge in [0.2, 0.25) is 10.0 Å². The number of aromatic nitrogens is 1. The lowest BCUT2D eigenvalue weighted by Crippen LogP contribution is -2.57. The monoisotopic (exact) mass is 436 g/mol. The molecule has 1 aromatic heterocycles. The van der Waals surface area contributed by atoms with Crippen LogP contribution in [0.15, 0.2) is 22.7 Å². The standard InChI is InChI=1S/C21H32N4O4S/c1-13-8-18(23-21(26)19-9-20(29-24-19)16-4-5-16)7-6-17(13)12-30(27,28)25-11-14(2)22-10-15(25)3/h9,14-18,22H,1,4-8,10-12H2,2-3H3,(H,23,26)/t14-,15-,17?,18+/m0/s1. The molecule has 1 unspecified atom stereocenters. The van der Waals surface area contributed by atoms with E-state index in [2.05, 4.69) is 22.4 Å². The zero-order valence-corrected chi connectivity index (χ0v) is 18.6. The first kappa shape index (κ1) is 21.5. The summed E-state index contributed by atoms with van der Waals surface area (Å²) >= 11 is 0. The van der Waals surface area contributed by atoms with Crippen molar-refractivity contribution < 1.29 is 17.7 Å². The highest BCUT2D eigenvalue weighted by Crippen LogP contribution is 2.40. The first-order valence-corrected chi connectivity index (χ1v) is 12.5. The van der Waals surface area contributed by atoms with Gasteiger partial charge in [-0.2, -0.15) is 4.31 Å². The van der Waals surface area contributed by atoms with Crippen LogP contribution in [0.25, 0.3) is 0 Å².